The van der Waals surface area contributed by atoms with Crippen molar-refractivity contribution in [2.24, 2.45) is 0 Å². The van der Waals surface area contributed by atoms with Crippen molar-refractivity contribution in [3.8, 4) is 5.75 Å². The fourth-order valence-corrected chi connectivity index (χ4v) is 3.90. The lowest BCUT2D eigenvalue weighted by Crippen LogP contribution is -2.30. The number of carbonyl (C=O) groups is 1. The molecule has 4 rings (SSSR count). The average Bonchev–Trinajstić information content (AvgIpc) is 2.80. The number of benzene rings is 3. The van der Waals surface area contributed by atoms with Crippen molar-refractivity contribution in [3.63, 3.8) is 0 Å². The third-order valence-electron chi connectivity index (χ3n) is 5.31. The first-order valence-electron chi connectivity index (χ1n) is 10.3. The van der Waals surface area contributed by atoms with Gasteiger partial charge in [-0.25, -0.2) is 0 Å². The Bertz CT molecular complexity index is 1320. The van der Waals surface area contributed by atoms with Crippen molar-refractivity contribution in [3.05, 3.63) is 105 Å². The SMILES string of the molecule is COc1ccc2cc(CCc3ccccc3)c(=O)n(CC(=O)Nc3cccc(Cl)c3)c2c1. The Morgan fingerprint density at radius 3 is 2.53 bits per heavy atom. The molecule has 0 atom stereocenters. The van der Waals surface area contributed by atoms with Gasteiger partial charge in [-0.05, 0) is 60.2 Å². The number of hydrogen-bond acceptors (Lipinski definition) is 3. The molecule has 162 valence electrons. The van der Waals surface area contributed by atoms with Gasteiger partial charge in [0, 0.05) is 22.3 Å². The standard InChI is InChI=1S/C26H23ClN2O3/c1-32-23-13-12-19-14-20(11-10-18-6-3-2-4-7-18)26(31)29(24(19)16-23)17-25(30)28-22-9-5-8-21(27)15-22/h2-9,12-16H,10-11,17H2,1H3,(H,28,30). The summed E-state index contributed by atoms with van der Waals surface area (Å²) in [4.78, 5) is 26.2. The first kappa shape index (κ1) is 21.7. The molecule has 0 aliphatic heterocycles. The maximum absolute atomic E-state index is 13.4. The topological polar surface area (TPSA) is 60.3 Å². The molecule has 0 bridgehead atoms. The van der Waals surface area contributed by atoms with Crippen LogP contribution >= 0.6 is 11.6 Å². The molecule has 0 radical (unpaired) electrons. The molecule has 0 saturated heterocycles. The summed E-state index contributed by atoms with van der Waals surface area (Å²) >= 11 is 6.01. The van der Waals surface area contributed by atoms with Gasteiger partial charge in [0.15, 0.2) is 0 Å². The molecule has 5 nitrogen and oxygen atoms in total. The van der Waals surface area contributed by atoms with Crippen molar-refractivity contribution in [2.45, 2.75) is 19.4 Å². The summed E-state index contributed by atoms with van der Waals surface area (Å²) in [5, 5.41) is 4.22. The number of amides is 1. The Hall–Kier alpha value is -3.57. The van der Waals surface area contributed by atoms with Crippen molar-refractivity contribution in [2.75, 3.05) is 12.4 Å². The zero-order chi connectivity index (χ0) is 22.5. The molecule has 1 amide bonds. The van der Waals surface area contributed by atoms with Gasteiger partial charge in [0.1, 0.15) is 12.3 Å². The second-order valence-corrected chi connectivity index (χ2v) is 7.97. The second kappa shape index (κ2) is 9.71. The number of halogens is 1. The van der Waals surface area contributed by atoms with E-state index in [0.717, 1.165) is 17.4 Å². The van der Waals surface area contributed by atoms with Crippen LogP contribution in [0.4, 0.5) is 5.69 Å². The molecule has 6 heteroatoms. The predicted octanol–water partition coefficient (Wildman–Crippen LogP) is 5.09. The quantitative estimate of drug-likeness (QED) is 0.430. The number of carbonyl (C=O) groups excluding carboxylic acids is 1. The Kier molecular flexibility index (Phi) is 6.57. The van der Waals surface area contributed by atoms with Crippen molar-refractivity contribution < 1.29 is 9.53 Å². The normalized spacial score (nSPS) is 10.8. The van der Waals surface area contributed by atoms with Crippen LogP contribution in [-0.2, 0) is 24.2 Å². The van der Waals surface area contributed by atoms with E-state index in [2.05, 4.69) is 5.32 Å². The molecule has 3 aromatic carbocycles. The number of rotatable bonds is 7. The van der Waals surface area contributed by atoms with Crippen LogP contribution in [0.5, 0.6) is 5.75 Å². The highest BCUT2D eigenvalue weighted by molar-refractivity contribution is 6.30. The lowest BCUT2D eigenvalue weighted by molar-refractivity contribution is -0.116. The Morgan fingerprint density at radius 1 is 0.969 bits per heavy atom. The van der Waals surface area contributed by atoms with E-state index in [1.165, 1.54) is 4.57 Å². The van der Waals surface area contributed by atoms with Crippen LogP contribution in [0.2, 0.25) is 5.02 Å². The summed E-state index contributed by atoms with van der Waals surface area (Å²) in [5.41, 5.74) is 2.88. The van der Waals surface area contributed by atoms with Crippen LogP contribution < -0.4 is 15.6 Å². The molecule has 1 heterocycles. The lowest BCUT2D eigenvalue weighted by atomic mass is 10.0. The number of fused-ring (bicyclic) bond motifs is 1. The van der Waals surface area contributed by atoms with Gasteiger partial charge in [-0.3, -0.25) is 14.2 Å². The number of hydrogen-bond donors (Lipinski definition) is 1. The molecule has 0 fully saturated rings. The average molecular weight is 447 g/mol. The molecule has 0 unspecified atom stereocenters. The summed E-state index contributed by atoms with van der Waals surface area (Å²) in [6, 6.07) is 24.4. The second-order valence-electron chi connectivity index (χ2n) is 7.53. The van der Waals surface area contributed by atoms with E-state index in [1.807, 2.05) is 48.5 Å². The largest absolute Gasteiger partial charge is 0.497 e. The minimum atomic E-state index is -0.307. The molecule has 0 aliphatic rings. The number of ether oxygens (including phenoxy) is 1. The molecule has 1 N–H and O–H groups in total. The third kappa shape index (κ3) is 5.01. The van der Waals surface area contributed by atoms with E-state index in [9.17, 15) is 9.59 Å². The van der Waals surface area contributed by atoms with Crippen LogP contribution in [0.25, 0.3) is 10.9 Å². The summed E-state index contributed by atoms with van der Waals surface area (Å²) in [6.07, 6.45) is 1.33. The van der Waals surface area contributed by atoms with Gasteiger partial charge in [-0.1, -0.05) is 48.0 Å². The summed E-state index contributed by atoms with van der Waals surface area (Å²) in [6.45, 7) is -0.117. The molecule has 1 aromatic heterocycles. The van der Waals surface area contributed by atoms with E-state index >= 15 is 0 Å². The smallest absolute Gasteiger partial charge is 0.254 e. The van der Waals surface area contributed by atoms with Crippen molar-refractivity contribution in [1.82, 2.24) is 4.57 Å². The highest BCUT2D eigenvalue weighted by Gasteiger charge is 2.14. The van der Waals surface area contributed by atoms with Crippen LogP contribution in [0.3, 0.4) is 0 Å². The lowest BCUT2D eigenvalue weighted by Gasteiger charge is -2.14. The Balaban J connectivity index is 1.68. The number of anilines is 1. The van der Waals surface area contributed by atoms with E-state index in [0.29, 0.717) is 34.0 Å². The van der Waals surface area contributed by atoms with Gasteiger partial charge in [-0.2, -0.15) is 0 Å². The Labute approximate surface area is 191 Å². The van der Waals surface area contributed by atoms with Crippen LogP contribution in [0, 0.1) is 0 Å². The molecule has 32 heavy (non-hydrogen) atoms. The number of pyridine rings is 1. The minimum Gasteiger partial charge on any atom is -0.497 e. The van der Waals surface area contributed by atoms with Crippen LogP contribution in [-0.4, -0.2) is 17.6 Å². The van der Waals surface area contributed by atoms with Crippen molar-refractivity contribution >= 4 is 34.1 Å². The molecule has 0 saturated carbocycles. The van der Waals surface area contributed by atoms with Gasteiger partial charge >= 0.3 is 0 Å². The number of aromatic nitrogens is 1. The van der Waals surface area contributed by atoms with Crippen LogP contribution in [0.1, 0.15) is 11.1 Å². The maximum atomic E-state index is 13.4. The van der Waals surface area contributed by atoms with Gasteiger partial charge in [0.2, 0.25) is 5.91 Å². The molecular formula is C26H23ClN2O3. The van der Waals surface area contributed by atoms with E-state index in [1.54, 1.807) is 37.4 Å². The first-order chi connectivity index (χ1) is 15.5. The van der Waals surface area contributed by atoms with Gasteiger partial charge in [0.25, 0.3) is 5.56 Å². The summed E-state index contributed by atoms with van der Waals surface area (Å²) < 4.78 is 6.85. The molecular weight excluding hydrogens is 424 g/mol. The maximum Gasteiger partial charge on any atom is 0.254 e. The third-order valence-corrected chi connectivity index (χ3v) is 5.55. The summed E-state index contributed by atoms with van der Waals surface area (Å²) in [5.74, 6) is 0.316. The number of nitrogens with zero attached hydrogens (tertiary/aromatic N) is 1. The highest BCUT2D eigenvalue weighted by Crippen LogP contribution is 2.22. The highest BCUT2D eigenvalue weighted by atomic mass is 35.5. The summed E-state index contributed by atoms with van der Waals surface area (Å²) in [7, 11) is 1.57. The van der Waals surface area contributed by atoms with E-state index in [4.69, 9.17) is 16.3 Å². The van der Waals surface area contributed by atoms with Gasteiger partial charge in [-0.15, -0.1) is 0 Å². The van der Waals surface area contributed by atoms with Gasteiger partial charge < -0.3 is 10.1 Å². The minimum absolute atomic E-state index is 0.117. The zero-order valence-corrected chi connectivity index (χ0v) is 18.4. The molecule has 0 aliphatic carbocycles. The number of methoxy groups -OCH3 is 1. The van der Waals surface area contributed by atoms with Gasteiger partial charge in [0.05, 0.1) is 12.6 Å². The molecule has 0 spiro atoms. The monoisotopic (exact) mass is 446 g/mol. The fourth-order valence-electron chi connectivity index (χ4n) is 3.71. The van der Waals surface area contributed by atoms with E-state index < -0.39 is 0 Å². The first-order valence-corrected chi connectivity index (χ1v) is 10.7. The van der Waals surface area contributed by atoms with E-state index in [-0.39, 0.29) is 18.0 Å². The fraction of sp³-hybridized carbons (Fsp3) is 0.154. The Morgan fingerprint density at radius 2 is 1.78 bits per heavy atom. The number of aryl methyl sites for hydroxylation is 2. The molecule has 4 aromatic rings. The number of nitrogens with one attached hydrogen (secondary N) is 1. The van der Waals surface area contributed by atoms with Crippen LogP contribution in [0.15, 0.2) is 83.7 Å². The predicted molar refractivity (Wildman–Crippen MR) is 129 cm³/mol. The zero-order valence-electron chi connectivity index (χ0n) is 17.7. The van der Waals surface area contributed by atoms with Crippen molar-refractivity contribution in [1.29, 1.82) is 0 Å².